The summed E-state index contributed by atoms with van der Waals surface area (Å²) in [7, 11) is -3.93. The maximum atomic E-state index is 13.5. The number of hydrogen-bond donors (Lipinski definition) is 0. The van der Waals surface area contributed by atoms with E-state index in [-0.39, 0.29) is 21.3 Å². The van der Waals surface area contributed by atoms with Gasteiger partial charge in [-0.1, -0.05) is 72.3 Å². The highest BCUT2D eigenvalue weighted by Crippen LogP contribution is 2.46. The van der Waals surface area contributed by atoms with Gasteiger partial charge in [-0.05, 0) is 36.8 Å². The van der Waals surface area contributed by atoms with Crippen LogP contribution in [0.15, 0.2) is 100 Å². The molecular formula is C24H19ClO4S. The predicted octanol–water partition coefficient (Wildman–Crippen LogP) is 5.62. The maximum Gasteiger partial charge on any atom is 0.206 e. The molecule has 0 saturated carbocycles. The summed E-state index contributed by atoms with van der Waals surface area (Å²) in [5.41, 5.74) is 1.12. The average molecular weight is 439 g/mol. The molecule has 1 heterocycles. The van der Waals surface area contributed by atoms with Gasteiger partial charge in [0.15, 0.2) is 5.78 Å². The number of halogens is 1. The summed E-state index contributed by atoms with van der Waals surface area (Å²) in [6.45, 7) is 1.59. The summed E-state index contributed by atoms with van der Waals surface area (Å²) >= 11 is 6.01. The third-order valence-electron chi connectivity index (χ3n) is 5.12. The van der Waals surface area contributed by atoms with Gasteiger partial charge in [-0.3, -0.25) is 4.79 Å². The maximum absolute atomic E-state index is 13.5. The first kappa shape index (κ1) is 20.4. The zero-order valence-electron chi connectivity index (χ0n) is 16.2. The third-order valence-corrected chi connectivity index (χ3v) is 7.38. The number of allylic oxidation sites excluding steroid dienone is 1. The number of hydrogen-bond acceptors (Lipinski definition) is 4. The van der Waals surface area contributed by atoms with Crippen LogP contribution in [0.5, 0.6) is 0 Å². The molecule has 0 N–H and O–H groups in total. The minimum Gasteiger partial charge on any atom is -0.488 e. The van der Waals surface area contributed by atoms with Crippen LogP contribution in [0.25, 0.3) is 0 Å². The fourth-order valence-electron chi connectivity index (χ4n) is 3.71. The molecule has 0 amide bonds. The van der Waals surface area contributed by atoms with Gasteiger partial charge in [0, 0.05) is 10.6 Å². The van der Waals surface area contributed by atoms with Crippen molar-refractivity contribution in [1.29, 1.82) is 0 Å². The number of ether oxygens (including phenoxy) is 1. The monoisotopic (exact) mass is 438 g/mol. The highest BCUT2D eigenvalue weighted by Gasteiger charge is 2.47. The molecule has 4 rings (SSSR count). The normalized spacial score (nSPS) is 18.9. The molecule has 152 valence electrons. The van der Waals surface area contributed by atoms with Gasteiger partial charge in [0.05, 0.1) is 4.90 Å². The van der Waals surface area contributed by atoms with Crippen molar-refractivity contribution in [3.63, 3.8) is 0 Å². The minimum absolute atomic E-state index is 0.00232. The lowest BCUT2D eigenvalue weighted by atomic mass is 9.89. The Morgan fingerprint density at radius 1 is 0.867 bits per heavy atom. The van der Waals surface area contributed by atoms with Crippen molar-refractivity contribution in [1.82, 2.24) is 0 Å². The molecule has 2 atom stereocenters. The number of carbonyl (C=O) groups is 1. The van der Waals surface area contributed by atoms with Gasteiger partial charge in [-0.25, -0.2) is 8.42 Å². The second-order valence-electron chi connectivity index (χ2n) is 7.03. The summed E-state index contributed by atoms with van der Waals surface area (Å²) in [5, 5.41) is 0.546. The lowest BCUT2D eigenvalue weighted by Crippen LogP contribution is -2.25. The number of benzene rings is 3. The first-order valence-corrected chi connectivity index (χ1v) is 11.3. The van der Waals surface area contributed by atoms with Crippen LogP contribution in [-0.4, -0.2) is 14.2 Å². The number of rotatable bonds is 5. The molecule has 0 spiro atoms. The summed E-state index contributed by atoms with van der Waals surface area (Å²) in [6.07, 6.45) is -0.761. The van der Waals surface area contributed by atoms with E-state index in [2.05, 4.69) is 0 Å². The van der Waals surface area contributed by atoms with E-state index >= 15 is 0 Å². The van der Waals surface area contributed by atoms with Crippen molar-refractivity contribution in [2.24, 2.45) is 5.92 Å². The van der Waals surface area contributed by atoms with Gasteiger partial charge in [0.2, 0.25) is 9.84 Å². The molecule has 3 aromatic carbocycles. The topological polar surface area (TPSA) is 60.4 Å². The van der Waals surface area contributed by atoms with E-state index in [4.69, 9.17) is 16.3 Å². The largest absolute Gasteiger partial charge is 0.488 e. The average Bonchev–Trinajstić information content (AvgIpc) is 3.12. The van der Waals surface area contributed by atoms with Gasteiger partial charge < -0.3 is 4.74 Å². The summed E-state index contributed by atoms with van der Waals surface area (Å²) in [6, 6.07) is 23.7. The van der Waals surface area contributed by atoms with Gasteiger partial charge >= 0.3 is 0 Å². The fraction of sp³-hybridized carbons (Fsp3) is 0.125. The number of Topliss-reactive ketones (excluding diaryl/α,β-unsaturated/α-hetero) is 1. The summed E-state index contributed by atoms with van der Waals surface area (Å²) in [5.74, 6) is -1.08. The predicted molar refractivity (Wildman–Crippen MR) is 116 cm³/mol. The van der Waals surface area contributed by atoms with E-state index in [0.29, 0.717) is 16.1 Å². The van der Waals surface area contributed by atoms with Crippen molar-refractivity contribution in [2.45, 2.75) is 17.9 Å². The minimum atomic E-state index is -3.93. The standard InChI is InChI=1S/C24H19ClO4S/c1-16-24(30(27,28)20-10-6-3-7-11-20)21(22(26)17-8-4-2-5-9-17)23(29-16)18-12-14-19(25)15-13-18/h2-15,21,23H,1H3/t21-,23+/m0/s1. The second kappa shape index (κ2) is 8.09. The van der Waals surface area contributed by atoms with E-state index < -0.39 is 21.9 Å². The molecule has 0 aliphatic carbocycles. The van der Waals surface area contributed by atoms with E-state index in [1.807, 2.05) is 0 Å². The number of carbonyl (C=O) groups excluding carboxylic acids is 1. The smallest absolute Gasteiger partial charge is 0.206 e. The van der Waals surface area contributed by atoms with E-state index in [9.17, 15) is 13.2 Å². The molecule has 6 heteroatoms. The molecule has 0 unspecified atom stereocenters. The summed E-state index contributed by atoms with van der Waals surface area (Å²) < 4.78 is 33.0. The van der Waals surface area contributed by atoms with Crippen LogP contribution in [0.2, 0.25) is 5.02 Å². The molecule has 3 aromatic rings. The number of sulfone groups is 1. The number of ketones is 1. The lowest BCUT2D eigenvalue weighted by Gasteiger charge is -2.21. The quantitative estimate of drug-likeness (QED) is 0.485. The SMILES string of the molecule is CC1=C(S(=O)(=O)c2ccccc2)[C@@H](C(=O)c2ccccc2)[C@@H](c2ccc(Cl)cc2)O1. The van der Waals surface area contributed by atoms with Crippen LogP contribution in [0.4, 0.5) is 0 Å². The van der Waals surface area contributed by atoms with Crippen molar-refractivity contribution in [3.05, 3.63) is 112 Å². The van der Waals surface area contributed by atoms with Gasteiger partial charge in [0.25, 0.3) is 0 Å². The molecular weight excluding hydrogens is 420 g/mol. The van der Waals surface area contributed by atoms with Gasteiger partial charge in [-0.2, -0.15) is 0 Å². The van der Waals surface area contributed by atoms with E-state index in [1.165, 1.54) is 12.1 Å². The Balaban J connectivity index is 1.86. The molecule has 0 saturated heterocycles. The highest BCUT2D eigenvalue weighted by molar-refractivity contribution is 7.95. The van der Waals surface area contributed by atoms with Crippen molar-refractivity contribution in [2.75, 3.05) is 0 Å². The summed E-state index contributed by atoms with van der Waals surface area (Å²) in [4.78, 5) is 13.7. The molecule has 0 aromatic heterocycles. The van der Waals surface area contributed by atoms with Gasteiger partial charge in [0.1, 0.15) is 22.7 Å². The lowest BCUT2D eigenvalue weighted by molar-refractivity contribution is 0.0756. The molecule has 1 aliphatic rings. The Morgan fingerprint density at radius 3 is 2.03 bits per heavy atom. The molecule has 4 nitrogen and oxygen atoms in total. The molecule has 30 heavy (non-hydrogen) atoms. The first-order chi connectivity index (χ1) is 14.4. The highest BCUT2D eigenvalue weighted by atomic mass is 35.5. The van der Waals surface area contributed by atoms with Crippen molar-refractivity contribution in [3.8, 4) is 0 Å². The Bertz CT molecular complexity index is 1200. The van der Waals surface area contributed by atoms with Crippen molar-refractivity contribution < 1.29 is 17.9 Å². The Kier molecular flexibility index (Phi) is 5.50. The van der Waals surface area contributed by atoms with Crippen LogP contribution in [0.1, 0.15) is 28.9 Å². The van der Waals surface area contributed by atoms with Crippen LogP contribution >= 0.6 is 11.6 Å². The van der Waals surface area contributed by atoms with Gasteiger partial charge in [-0.15, -0.1) is 0 Å². The molecule has 0 radical (unpaired) electrons. The Hall–Kier alpha value is -2.89. The van der Waals surface area contributed by atoms with Crippen LogP contribution in [-0.2, 0) is 14.6 Å². The Morgan fingerprint density at radius 2 is 1.43 bits per heavy atom. The van der Waals surface area contributed by atoms with E-state index in [0.717, 1.165) is 0 Å². The zero-order chi connectivity index (χ0) is 21.3. The zero-order valence-corrected chi connectivity index (χ0v) is 17.7. The van der Waals surface area contributed by atoms with Crippen LogP contribution in [0, 0.1) is 5.92 Å². The second-order valence-corrected chi connectivity index (χ2v) is 9.39. The van der Waals surface area contributed by atoms with Crippen LogP contribution < -0.4 is 0 Å². The molecule has 0 fully saturated rings. The molecule has 0 bridgehead atoms. The third kappa shape index (κ3) is 3.66. The van der Waals surface area contributed by atoms with Crippen LogP contribution in [0.3, 0.4) is 0 Å². The first-order valence-electron chi connectivity index (χ1n) is 9.42. The van der Waals surface area contributed by atoms with E-state index in [1.54, 1.807) is 79.7 Å². The van der Waals surface area contributed by atoms with Crippen molar-refractivity contribution >= 4 is 27.2 Å². The molecule has 1 aliphatic heterocycles. The Labute approximate surface area is 180 Å². The fourth-order valence-corrected chi connectivity index (χ4v) is 5.59.